The van der Waals surface area contributed by atoms with Gasteiger partial charge in [-0.05, 0) is 24.3 Å². The number of nitrogens with one attached hydrogen (secondary N) is 1. The fourth-order valence-corrected chi connectivity index (χ4v) is 1.51. The average molecular weight is 226 g/mol. The van der Waals surface area contributed by atoms with Crippen LogP contribution in [0.25, 0.3) is 0 Å². The Morgan fingerprint density at radius 1 is 1.12 bits per heavy atom. The monoisotopic (exact) mass is 226 g/mol. The summed E-state index contributed by atoms with van der Waals surface area (Å²) in [6.07, 6.45) is 0. The lowest BCUT2D eigenvalue weighted by molar-refractivity contribution is 0.612. The molecule has 0 unspecified atom stereocenters. The van der Waals surface area contributed by atoms with Crippen LogP contribution in [0.3, 0.4) is 0 Å². The maximum Gasteiger partial charge on any atom is 0.129 e. The summed E-state index contributed by atoms with van der Waals surface area (Å²) in [5.74, 6) is -0.354. The molecule has 2 nitrogen and oxygen atoms in total. The predicted molar refractivity (Wildman–Crippen MR) is 64.9 cm³/mol. The van der Waals surface area contributed by atoms with E-state index in [2.05, 4.69) is 5.32 Å². The molecule has 0 saturated carbocycles. The number of nitrogens with zero attached hydrogens (tertiary/aromatic N) is 1. The molecule has 0 radical (unpaired) electrons. The summed E-state index contributed by atoms with van der Waals surface area (Å²) < 4.78 is 13.5. The molecule has 2 rings (SSSR count). The Bertz CT molecular complexity index is 544. The van der Waals surface area contributed by atoms with Gasteiger partial charge in [0.2, 0.25) is 0 Å². The van der Waals surface area contributed by atoms with E-state index >= 15 is 0 Å². The van der Waals surface area contributed by atoms with Crippen molar-refractivity contribution >= 4 is 5.69 Å². The Morgan fingerprint density at radius 2 is 1.88 bits per heavy atom. The van der Waals surface area contributed by atoms with Crippen molar-refractivity contribution in [1.29, 1.82) is 5.26 Å². The molecule has 0 amide bonds. The Balaban J connectivity index is 2.08. The lowest BCUT2D eigenvalue weighted by Crippen LogP contribution is -2.01. The number of nitriles is 1. The number of rotatable bonds is 3. The smallest absolute Gasteiger partial charge is 0.129 e. The van der Waals surface area contributed by atoms with E-state index in [9.17, 15) is 4.39 Å². The van der Waals surface area contributed by atoms with E-state index in [1.807, 2.05) is 36.4 Å². The highest BCUT2D eigenvalue weighted by atomic mass is 19.1. The Labute approximate surface area is 99.3 Å². The highest BCUT2D eigenvalue weighted by Gasteiger charge is 2.03. The van der Waals surface area contributed by atoms with Gasteiger partial charge in [-0.2, -0.15) is 5.26 Å². The van der Waals surface area contributed by atoms with Gasteiger partial charge < -0.3 is 5.32 Å². The maximum absolute atomic E-state index is 13.5. The van der Waals surface area contributed by atoms with Gasteiger partial charge in [-0.3, -0.25) is 0 Å². The molecule has 3 heteroatoms. The summed E-state index contributed by atoms with van der Waals surface area (Å²) in [4.78, 5) is 0. The van der Waals surface area contributed by atoms with Crippen molar-refractivity contribution in [1.82, 2.24) is 0 Å². The fraction of sp³-hybridized carbons (Fsp3) is 0.0714. The number of halogens is 1. The van der Waals surface area contributed by atoms with E-state index < -0.39 is 0 Å². The van der Waals surface area contributed by atoms with Gasteiger partial charge in [-0.15, -0.1) is 0 Å². The van der Waals surface area contributed by atoms with Crippen LogP contribution in [0.5, 0.6) is 0 Å². The van der Waals surface area contributed by atoms with E-state index in [1.54, 1.807) is 12.1 Å². The summed E-state index contributed by atoms with van der Waals surface area (Å²) in [5, 5.41) is 11.7. The third-order valence-electron chi connectivity index (χ3n) is 2.44. The van der Waals surface area contributed by atoms with E-state index in [0.717, 1.165) is 5.69 Å². The van der Waals surface area contributed by atoms with Gasteiger partial charge >= 0.3 is 0 Å². The molecule has 0 bridgehead atoms. The van der Waals surface area contributed by atoms with Crippen LogP contribution in [-0.4, -0.2) is 0 Å². The minimum atomic E-state index is -0.354. The highest BCUT2D eigenvalue weighted by molar-refractivity contribution is 5.43. The number of benzene rings is 2. The number of anilines is 1. The molecule has 2 aromatic rings. The minimum Gasteiger partial charge on any atom is -0.381 e. The van der Waals surface area contributed by atoms with E-state index in [-0.39, 0.29) is 5.82 Å². The second-order valence-electron chi connectivity index (χ2n) is 3.64. The molecule has 0 saturated heterocycles. The molecule has 0 aliphatic heterocycles. The zero-order valence-electron chi connectivity index (χ0n) is 9.15. The molecule has 0 heterocycles. The molecule has 2 aromatic carbocycles. The summed E-state index contributed by atoms with van der Waals surface area (Å²) in [6, 6.07) is 16.0. The molecule has 0 fully saturated rings. The van der Waals surface area contributed by atoms with Crippen LogP contribution in [0.15, 0.2) is 48.5 Å². The molecule has 0 aliphatic rings. The molecular formula is C14H11FN2. The average Bonchev–Trinajstić information content (AvgIpc) is 2.38. The van der Waals surface area contributed by atoms with E-state index in [0.29, 0.717) is 17.7 Å². The van der Waals surface area contributed by atoms with Gasteiger partial charge in [0.05, 0.1) is 11.6 Å². The van der Waals surface area contributed by atoms with E-state index in [4.69, 9.17) is 5.26 Å². The first-order chi connectivity index (χ1) is 8.29. The summed E-state index contributed by atoms with van der Waals surface area (Å²) >= 11 is 0. The lowest BCUT2D eigenvalue weighted by atomic mass is 10.1. The summed E-state index contributed by atoms with van der Waals surface area (Å²) in [5.41, 5.74) is 1.83. The van der Waals surface area contributed by atoms with Crippen molar-refractivity contribution in [2.75, 3.05) is 5.32 Å². The van der Waals surface area contributed by atoms with Crippen molar-refractivity contribution in [3.63, 3.8) is 0 Å². The van der Waals surface area contributed by atoms with Crippen LogP contribution in [0, 0.1) is 17.1 Å². The first kappa shape index (κ1) is 11.2. The van der Waals surface area contributed by atoms with Crippen molar-refractivity contribution in [2.24, 2.45) is 0 Å². The zero-order chi connectivity index (χ0) is 12.1. The highest BCUT2D eigenvalue weighted by Crippen LogP contribution is 2.13. The first-order valence-electron chi connectivity index (χ1n) is 5.27. The van der Waals surface area contributed by atoms with Crippen molar-refractivity contribution in [3.05, 3.63) is 65.5 Å². The number of hydrogen-bond acceptors (Lipinski definition) is 2. The lowest BCUT2D eigenvalue weighted by Gasteiger charge is -2.07. The standard InChI is InChI=1S/C14H11FN2/c15-14-8-11(9-16)6-7-12(14)10-17-13-4-2-1-3-5-13/h1-8,17H,10H2. The van der Waals surface area contributed by atoms with Gasteiger partial charge in [-0.1, -0.05) is 24.3 Å². The Kier molecular flexibility index (Phi) is 3.37. The quantitative estimate of drug-likeness (QED) is 0.871. The molecule has 84 valence electrons. The summed E-state index contributed by atoms with van der Waals surface area (Å²) in [6.45, 7) is 0.404. The van der Waals surface area contributed by atoms with Crippen LogP contribution < -0.4 is 5.32 Å². The van der Waals surface area contributed by atoms with Crippen molar-refractivity contribution in [3.8, 4) is 6.07 Å². The van der Waals surface area contributed by atoms with Crippen LogP contribution in [0.4, 0.5) is 10.1 Å². The largest absolute Gasteiger partial charge is 0.381 e. The van der Waals surface area contributed by atoms with Crippen molar-refractivity contribution < 1.29 is 4.39 Å². The molecule has 1 N–H and O–H groups in total. The Hall–Kier alpha value is -2.34. The first-order valence-corrected chi connectivity index (χ1v) is 5.27. The number of hydrogen-bond donors (Lipinski definition) is 1. The molecule has 0 spiro atoms. The third-order valence-corrected chi connectivity index (χ3v) is 2.44. The maximum atomic E-state index is 13.5. The van der Waals surface area contributed by atoms with Gasteiger partial charge in [0.15, 0.2) is 0 Å². The van der Waals surface area contributed by atoms with Gasteiger partial charge in [0.1, 0.15) is 5.82 Å². The Morgan fingerprint density at radius 3 is 2.53 bits per heavy atom. The van der Waals surface area contributed by atoms with Crippen molar-refractivity contribution in [2.45, 2.75) is 6.54 Å². The molecule has 0 atom stereocenters. The van der Waals surface area contributed by atoms with Gasteiger partial charge in [0.25, 0.3) is 0 Å². The molecular weight excluding hydrogens is 215 g/mol. The van der Waals surface area contributed by atoms with Gasteiger partial charge in [0, 0.05) is 17.8 Å². The third kappa shape index (κ3) is 2.82. The fourth-order valence-electron chi connectivity index (χ4n) is 1.51. The zero-order valence-corrected chi connectivity index (χ0v) is 9.15. The summed E-state index contributed by atoms with van der Waals surface area (Å²) in [7, 11) is 0. The van der Waals surface area contributed by atoms with Crippen LogP contribution in [0.1, 0.15) is 11.1 Å². The predicted octanol–water partition coefficient (Wildman–Crippen LogP) is 3.31. The van der Waals surface area contributed by atoms with Crippen LogP contribution >= 0.6 is 0 Å². The van der Waals surface area contributed by atoms with Crippen LogP contribution in [0.2, 0.25) is 0 Å². The van der Waals surface area contributed by atoms with Gasteiger partial charge in [-0.25, -0.2) is 4.39 Å². The minimum absolute atomic E-state index is 0.339. The van der Waals surface area contributed by atoms with Crippen LogP contribution in [-0.2, 0) is 6.54 Å². The molecule has 17 heavy (non-hydrogen) atoms. The molecule has 0 aliphatic carbocycles. The second kappa shape index (κ2) is 5.13. The SMILES string of the molecule is N#Cc1ccc(CNc2ccccc2)c(F)c1. The number of para-hydroxylation sites is 1. The molecule has 0 aromatic heterocycles. The van der Waals surface area contributed by atoms with E-state index in [1.165, 1.54) is 6.07 Å². The second-order valence-corrected chi connectivity index (χ2v) is 3.64. The topological polar surface area (TPSA) is 35.8 Å². The normalized spacial score (nSPS) is 9.65.